The van der Waals surface area contributed by atoms with Crippen molar-refractivity contribution in [3.05, 3.63) is 70.8 Å². The molecule has 2 aromatic rings. The van der Waals surface area contributed by atoms with Crippen LogP contribution < -0.4 is 10.6 Å². The number of amides is 3. The van der Waals surface area contributed by atoms with Gasteiger partial charge in [-0.1, -0.05) is 81.1 Å². The number of carbonyl (C=O) groups is 4. The first kappa shape index (κ1) is 39.3. The molecular weight excluding hydrogens is 594 g/mol. The molecule has 3 unspecified atom stereocenters. The molecule has 2 N–H and O–H groups in total. The van der Waals surface area contributed by atoms with Crippen molar-refractivity contribution >= 4 is 23.9 Å². The summed E-state index contributed by atoms with van der Waals surface area (Å²) in [4.78, 5) is 56.6. The molecule has 3 atom stereocenters. The maximum atomic E-state index is 14.6. The predicted octanol–water partition coefficient (Wildman–Crippen LogP) is 7.13. The van der Waals surface area contributed by atoms with Gasteiger partial charge in [0.25, 0.3) is 0 Å². The van der Waals surface area contributed by atoms with E-state index in [1.165, 1.54) is 0 Å². The van der Waals surface area contributed by atoms with Crippen LogP contribution >= 0.6 is 0 Å². The Morgan fingerprint density at radius 3 is 2.00 bits per heavy atom. The first-order valence-corrected chi connectivity index (χ1v) is 16.9. The van der Waals surface area contributed by atoms with E-state index < -0.39 is 53.2 Å². The number of alkyl carbamates (subject to hydrolysis) is 1. The number of unbranched alkanes of at least 4 members (excludes halogenated alkanes) is 4. The summed E-state index contributed by atoms with van der Waals surface area (Å²) in [5.41, 5.74) is 1.81. The second-order valence-electron chi connectivity index (χ2n) is 14.3. The van der Waals surface area contributed by atoms with E-state index in [9.17, 15) is 19.2 Å². The number of ether oxygens (including phenoxy) is 2. The molecule has 9 heteroatoms. The fourth-order valence-electron chi connectivity index (χ4n) is 5.23. The van der Waals surface area contributed by atoms with Crippen LogP contribution in [0.2, 0.25) is 0 Å². The van der Waals surface area contributed by atoms with Crippen LogP contribution in [0.4, 0.5) is 4.79 Å². The van der Waals surface area contributed by atoms with Gasteiger partial charge in [0.05, 0.1) is 0 Å². The van der Waals surface area contributed by atoms with Gasteiger partial charge in [-0.25, -0.2) is 9.59 Å². The van der Waals surface area contributed by atoms with Gasteiger partial charge in [0.15, 0.2) is 0 Å². The summed E-state index contributed by atoms with van der Waals surface area (Å²) in [6.07, 6.45) is 4.18. The molecule has 0 fully saturated rings. The number of nitrogens with zero attached hydrogens (tertiary/aromatic N) is 1. The summed E-state index contributed by atoms with van der Waals surface area (Å²) < 4.78 is 11.2. The van der Waals surface area contributed by atoms with E-state index in [0.717, 1.165) is 42.4 Å². The summed E-state index contributed by atoms with van der Waals surface area (Å²) in [7, 11) is 0. The summed E-state index contributed by atoms with van der Waals surface area (Å²) in [5, 5.41) is 5.63. The molecule has 0 aromatic heterocycles. The highest BCUT2D eigenvalue weighted by atomic mass is 16.6. The third kappa shape index (κ3) is 13.4. The lowest BCUT2D eigenvalue weighted by atomic mass is 9.94. The number of aryl methyl sites for hydroxylation is 1. The molecule has 0 saturated carbocycles. The van der Waals surface area contributed by atoms with Gasteiger partial charge in [0.1, 0.15) is 29.3 Å². The fourth-order valence-corrected chi connectivity index (χ4v) is 5.23. The topological polar surface area (TPSA) is 114 Å². The first-order chi connectivity index (χ1) is 21.9. The van der Waals surface area contributed by atoms with Gasteiger partial charge in [-0.2, -0.15) is 0 Å². The Bertz CT molecular complexity index is 1330. The van der Waals surface area contributed by atoms with Gasteiger partial charge in [0.2, 0.25) is 11.8 Å². The zero-order chi connectivity index (χ0) is 35.4. The number of hydrogen-bond acceptors (Lipinski definition) is 6. The van der Waals surface area contributed by atoms with Crippen LogP contribution in [-0.2, 0) is 30.3 Å². The third-order valence-electron chi connectivity index (χ3n) is 7.68. The fraction of sp³-hybridized carbons (Fsp3) is 0.579. The standard InChI is InChI=1S/C38H57N3O6/c1-11-12-13-14-18-24-41(34(43)28(4)39-36(45)47-38(8,9)10)32(30-23-19-20-26(2)27(30)3)33(42)40-31(35(44)46-37(5,6)7)25-29-21-16-15-17-22-29/h15-17,19-23,28,31-32H,11-14,18,24-25H2,1-10H3,(H,39,45)(H,40,42). The summed E-state index contributed by atoms with van der Waals surface area (Å²) in [5.74, 6) is -1.49. The van der Waals surface area contributed by atoms with Crippen molar-refractivity contribution in [3.63, 3.8) is 0 Å². The average Bonchev–Trinajstić information content (AvgIpc) is 2.96. The first-order valence-electron chi connectivity index (χ1n) is 16.9. The van der Waals surface area contributed by atoms with E-state index in [1.54, 1.807) is 53.4 Å². The molecule has 0 radical (unpaired) electrons. The molecule has 3 amide bonds. The van der Waals surface area contributed by atoms with Crippen LogP contribution in [-0.4, -0.2) is 58.6 Å². The van der Waals surface area contributed by atoms with E-state index in [0.29, 0.717) is 12.0 Å². The van der Waals surface area contributed by atoms with Crippen molar-refractivity contribution in [2.24, 2.45) is 0 Å². The van der Waals surface area contributed by atoms with Crippen molar-refractivity contribution in [2.45, 2.75) is 137 Å². The zero-order valence-corrected chi connectivity index (χ0v) is 30.2. The molecule has 0 aliphatic heterocycles. The Balaban J connectivity index is 2.59. The van der Waals surface area contributed by atoms with Crippen LogP contribution in [0.15, 0.2) is 48.5 Å². The van der Waals surface area contributed by atoms with E-state index in [-0.39, 0.29) is 13.0 Å². The van der Waals surface area contributed by atoms with Gasteiger partial charge in [-0.05, 0) is 91.0 Å². The SMILES string of the molecule is CCCCCCCN(C(=O)C(C)NC(=O)OC(C)(C)C)C(C(=O)NC(Cc1ccccc1)C(=O)OC(C)(C)C)c1cccc(C)c1C. The Hall–Kier alpha value is -3.88. The molecule has 0 spiro atoms. The molecule has 2 aromatic carbocycles. The largest absolute Gasteiger partial charge is 0.458 e. The van der Waals surface area contributed by atoms with Gasteiger partial charge in [-0.3, -0.25) is 9.59 Å². The zero-order valence-electron chi connectivity index (χ0n) is 30.2. The van der Waals surface area contributed by atoms with E-state index >= 15 is 0 Å². The molecule has 0 saturated heterocycles. The summed E-state index contributed by atoms with van der Waals surface area (Å²) in [6, 6.07) is 12.0. The van der Waals surface area contributed by atoms with Crippen LogP contribution in [0.3, 0.4) is 0 Å². The molecule has 0 aliphatic rings. The monoisotopic (exact) mass is 651 g/mol. The second kappa shape index (κ2) is 17.9. The molecular formula is C38H57N3O6. The number of nitrogens with one attached hydrogen (secondary N) is 2. The third-order valence-corrected chi connectivity index (χ3v) is 7.68. The minimum absolute atomic E-state index is 0.211. The van der Waals surface area contributed by atoms with Gasteiger partial charge in [-0.15, -0.1) is 0 Å². The molecule has 0 heterocycles. The number of carbonyl (C=O) groups excluding carboxylic acids is 4. The van der Waals surface area contributed by atoms with Crippen molar-refractivity contribution < 1.29 is 28.7 Å². The molecule has 0 bridgehead atoms. The number of rotatable bonds is 15. The highest BCUT2D eigenvalue weighted by Gasteiger charge is 2.38. The summed E-state index contributed by atoms with van der Waals surface area (Å²) >= 11 is 0. The Labute approximate surface area is 282 Å². The lowest BCUT2D eigenvalue weighted by Gasteiger charge is -2.35. The minimum Gasteiger partial charge on any atom is -0.458 e. The minimum atomic E-state index is -1.07. The van der Waals surface area contributed by atoms with E-state index in [2.05, 4.69) is 17.6 Å². The van der Waals surface area contributed by atoms with E-state index in [1.807, 2.05) is 62.4 Å². The molecule has 0 aliphatic carbocycles. The predicted molar refractivity (Wildman–Crippen MR) is 186 cm³/mol. The number of hydrogen-bond donors (Lipinski definition) is 2. The normalized spacial score (nSPS) is 13.6. The number of esters is 1. The molecule has 47 heavy (non-hydrogen) atoms. The number of benzene rings is 2. The highest BCUT2D eigenvalue weighted by molar-refractivity contribution is 5.94. The molecule has 2 rings (SSSR count). The Kier molecular flexibility index (Phi) is 14.9. The average molecular weight is 652 g/mol. The maximum absolute atomic E-state index is 14.6. The van der Waals surface area contributed by atoms with Gasteiger partial charge in [0, 0.05) is 13.0 Å². The lowest BCUT2D eigenvalue weighted by molar-refractivity contribution is -0.159. The maximum Gasteiger partial charge on any atom is 0.408 e. The van der Waals surface area contributed by atoms with Crippen molar-refractivity contribution in [1.82, 2.24) is 15.5 Å². The van der Waals surface area contributed by atoms with Crippen molar-refractivity contribution in [3.8, 4) is 0 Å². The van der Waals surface area contributed by atoms with E-state index in [4.69, 9.17) is 9.47 Å². The van der Waals surface area contributed by atoms with Crippen molar-refractivity contribution in [1.29, 1.82) is 0 Å². The second-order valence-corrected chi connectivity index (χ2v) is 14.3. The smallest absolute Gasteiger partial charge is 0.408 e. The lowest BCUT2D eigenvalue weighted by Crippen LogP contribution is -2.54. The van der Waals surface area contributed by atoms with Crippen LogP contribution in [0.25, 0.3) is 0 Å². The van der Waals surface area contributed by atoms with Crippen molar-refractivity contribution in [2.75, 3.05) is 6.54 Å². The quantitative estimate of drug-likeness (QED) is 0.157. The van der Waals surface area contributed by atoms with Gasteiger partial charge < -0.3 is 25.0 Å². The highest BCUT2D eigenvalue weighted by Crippen LogP contribution is 2.28. The van der Waals surface area contributed by atoms with Crippen LogP contribution in [0, 0.1) is 13.8 Å². The van der Waals surface area contributed by atoms with Crippen LogP contribution in [0.1, 0.15) is 116 Å². The summed E-state index contributed by atoms with van der Waals surface area (Å²) in [6.45, 7) is 18.5. The van der Waals surface area contributed by atoms with Gasteiger partial charge >= 0.3 is 12.1 Å². The molecule has 9 nitrogen and oxygen atoms in total. The van der Waals surface area contributed by atoms with Crippen LogP contribution in [0.5, 0.6) is 0 Å². The Morgan fingerprint density at radius 1 is 0.787 bits per heavy atom. The molecule has 260 valence electrons. The Morgan fingerprint density at radius 2 is 1.40 bits per heavy atom.